The number of nitrogens with zero attached hydrogens (tertiary/aromatic N) is 4. The average molecular weight is 531 g/mol. The van der Waals surface area contributed by atoms with E-state index in [0.717, 1.165) is 26.7 Å². The van der Waals surface area contributed by atoms with Crippen LogP contribution in [0, 0.1) is 12.8 Å². The predicted octanol–water partition coefficient (Wildman–Crippen LogP) is 3.62. The lowest BCUT2D eigenvalue weighted by atomic mass is 10.0. The van der Waals surface area contributed by atoms with E-state index >= 15 is 0 Å². The molecule has 0 aliphatic carbocycles. The van der Waals surface area contributed by atoms with Crippen molar-refractivity contribution in [2.45, 2.75) is 71.0 Å². The second kappa shape index (κ2) is 11.0. The van der Waals surface area contributed by atoms with Crippen LogP contribution in [0.2, 0.25) is 0 Å². The van der Waals surface area contributed by atoms with E-state index in [1.54, 1.807) is 59.1 Å². The summed E-state index contributed by atoms with van der Waals surface area (Å²) in [4.78, 5) is 33.2. The number of hydrogen-bond acceptors (Lipinski definition) is 7. The van der Waals surface area contributed by atoms with Crippen molar-refractivity contribution in [3.8, 4) is 0 Å². The van der Waals surface area contributed by atoms with Gasteiger partial charge in [-0.25, -0.2) is 13.4 Å². The minimum atomic E-state index is -4.34. The number of carbonyl (C=O) groups is 2. The lowest BCUT2D eigenvalue weighted by molar-refractivity contribution is -0.156. The Kier molecular flexibility index (Phi) is 8.38. The third-order valence-corrected chi connectivity index (χ3v) is 7.51. The Morgan fingerprint density at radius 1 is 1.14 bits per heavy atom. The van der Waals surface area contributed by atoms with Crippen molar-refractivity contribution in [2.75, 3.05) is 6.54 Å². The standard InChI is InChI=1S/C26H34N4O6S/c1-17(2)13-23(25(32)33)30(16-24(31)36-26(4,5)6)37(34,35)20-9-7-19(8-10-20)15-29-18(3)28-21-14-27-12-11-22(21)29/h7-12,14,17,23H,13,15-16H2,1-6H3,(H,32,33)/t23-/m0/s1. The molecule has 11 heteroatoms. The number of fused-ring (bicyclic) bond motifs is 1. The first-order valence-corrected chi connectivity index (χ1v) is 13.5. The highest BCUT2D eigenvalue weighted by atomic mass is 32.2. The number of aliphatic carboxylic acids is 1. The van der Waals surface area contributed by atoms with E-state index in [4.69, 9.17) is 4.74 Å². The van der Waals surface area contributed by atoms with Crippen molar-refractivity contribution < 1.29 is 27.9 Å². The Bertz CT molecular complexity index is 1370. The number of benzene rings is 1. The zero-order valence-electron chi connectivity index (χ0n) is 22.0. The molecule has 0 aliphatic heterocycles. The second-order valence-corrected chi connectivity index (χ2v) is 12.3. The summed E-state index contributed by atoms with van der Waals surface area (Å²) < 4.78 is 35.3. The number of sulfonamides is 1. The fourth-order valence-electron chi connectivity index (χ4n) is 4.04. The van der Waals surface area contributed by atoms with Gasteiger partial charge in [0.2, 0.25) is 10.0 Å². The number of ether oxygens (including phenoxy) is 1. The van der Waals surface area contributed by atoms with Crippen LogP contribution in [-0.2, 0) is 30.9 Å². The molecule has 1 atom stereocenters. The fraction of sp³-hybridized carbons (Fsp3) is 0.462. The van der Waals surface area contributed by atoms with Gasteiger partial charge in [0.05, 0.1) is 16.6 Å². The number of imidazole rings is 1. The second-order valence-electron chi connectivity index (χ2n) is 10.4. The Balaban J connectivity index is 1.94. The zero-order chi connectivity index (χ0) is 27.5. The van der Waals surface area contributed by atoms with Crippen molar-refractivity contribution >= 4 is 33.0 Å². The molecular weight excluding hydrogens is 496 g/mol. The molecule has 10 nitrogen and oxygen atoms in total. The molecular formula is C26H34N4O6S. The Morgan fingerprint density at radius 2 is 1.78 bits per heavy atom. The number of pyridine rings is 1. The maximum Gasteiger partial charge on any atom is 0.322 e. The molecule has 0 unspecified atom stereocenters. The predicted molar refractivity (Wildman–Crippen MR) is 138 cm³/mol. The molecule has 0 spiro atoms. The average Bonchev–Trinajstić information content (AvgIpc) is 3.10. The van der Waals surface area contributed by atoms with Gasteiger partial charge in [-0.15, -0.1) is 0 Å². The van der Waals surface area contributed by atoms with Gasteiger partial charge in [0, 0.05) is 12.7 Å². The van der Waals surface area contributed by atoms with Gasteiger partial charge in [-0.3, -0.25) is 14.6 Å². The number of rotatable bonds is 10. The van der Waals surface area contributed by atoms with Crippen LogP contribution in [0.5, 0.6) is 0 Å². The summed E-state index contributed by atoms with van der Waals surface area (Å²) in [7, 11) is -4.34. The molecule has 1 aromatic carbocycles. The van der Waals surface area contributed by atoms with E-state index < -0.39 is 40.1 Å². The Hall–Kier alpha value is -3.31. The summed E-state index contributed by atoms with van der Waals surface area (Å²) in [5, 5.41) is 9.88. The number of hydrogen-bond donors (Lipinski definition) is 1. The topological polar surface area (TPSA) is 132 Å². The number of aryl methyl sites for hydroxylation is 1. The molecule has 2 heterocycles. The monoisotopic (exact) mass is 530 g/mol. The van der Waals surface area contributed by atoms with Crippen molar-refractivity contribution in [3.63, 3.8) is 0 Å². The minimum absolute atomic E-state index is 0.0390. The smallest absolute Gasteiger partial charge is 0.322 e. The lowest BCUT2D eigenvalue weighted by Gasteiger charge is -2.30. The van der Waals surface area contributed by atoms with Crippen LogP contribution in [0.15, 0.2) is 47.6 Å². The van der Waals surface area contributed by atoms with Gasteiger partial charge in [0.15, 0.2) is 0 Å². The molecule has 0 saturated carbocycles. The van der Waals surface area contributed by atoms with Gasteiger partial charge < -0.3 is 14.4 Å². The molecule has 0 radical (unpaired) electrons. The zero-order valence-corrected chi connectivity index (χ0v) is 22.8. The minimum Gasteiger partial charge on any atom is -0.480 e. The largest absolute Gasteiger partial charge is 0.480 e. The fourth-order valence-corrected chi connectivity index (χ4v) is 5.58. The highest BCUT2D eigenvalue weighted by Crippen LogP contribution is 2.24. The molecule has 2 aromatic heterocycles. The molecule has 3 rings (SSSR count). The summed E-state index contributed by atoms with van der Waals surface area (Å²) in [6.45, 7) is 10.2. The number of esters is 1. The first-order chi connectivity index (χ1) is 17.2. The van der Waals surface area contributed by atoms with Crippen LogP contribution in [0.1, 0.15) is 52.4 Å². The molecule has 0 saturated heterocycles. The molecule has 0 aliphatic rings. The van der Waals surface area contributed by atoms with Gasteiger partial charge in [-0.2, -0.15) is 4.31 Å². The van der Waals surface area contributed by atoms with Crippen LogP contribution in [-0.4, -0.2) is 62.5 Å². The van der Waals surface area contributed by atoms with Crippen molar-refractivity contribution in [2.24, 2.45) is 5.92 Å². The third-order valence-electron chi connectivity index (χ3n) is 5.64. The molecule has 37 heavy (non-hydrogen) atoms. The number of carbonyl (C=O) groups excluding carboxylic acids is 1. The van der Waals surface area contributed by atoms with Gasteiger partial charge >= 0.3 is 11.9 Å². The molecule has 0 fully saturated rings. The van der Waals surface area contributed by atoms with Crippen molar-refractivity contribution in [3.05, 3.63) is 54.1 Å². The first kappa shape index (κ1) is 28.3. The lowest BCUT2D eigenvalue weighted by Crippen LogP contribution is -2.49. The van der Waals surface area contributed by atoms with Crippen LogP contribution >= 0.6 is 0 Å². The Labute approximate surface area is 217 Å². The van der Waals surface area contributed by atoms with E-state index in [-0.39, 0.29) is 17.2 Å². The quantitative estimate of drug-likeness (QED) is 0.393. The van der Waals surface area contributed by atoms with Crippen LogP contribution in [0.3, 0.4) is 0 Å². The summed E-state index contributed by atoms with van der Waals surface area (Å²) in [6.07, 6.45) is 3.41. The number of carboxylic acid groups (broad SMARTS) is 1. The van der Waals surface area contributed by atoms with Crippen LogP contribution in [0.25, 0.3) is 11.0 Å². The summed E-state index contributed by atoms with van der Waals surface area (Å²) in [6, 6.07) is 6.63. The van der Waals surface area contributed by atoms with E-state index in [2.05, 4.69) is 9.97 Å². The SMILES string of the molecule is Cc1nc2cnccc2n1Cc1ccc(S(=O)(=O)N(CC(=O)OC(C)(C)C)[C@@H](CC(C)C)C(=O)O)cc1. The molecule has 1 N–H and O–H groups in total. The molecule has 0 bridgehead atoms. The normalized spacial score (nSPS) is 13.3. The van der Waals surface area contributed by atoms with Crippen LogP contribution in [0.4, 0.5) is 0 Å². The maximum atomic E-state index is 13.7. The van der Waals surface area contributed by atoms with Crippen molar-refractivity contribution in [1.29, 1.82) is 0 Å². The van der Waals surface area contributed by atoms with Crippen molar-refractivity contribution in [1.82, 2.24) is 18.8 Å². The van der Waals surface area contributed by atoms with Gasteiger partial charge in [-0.05, 0) is 63.8 Å². The van der Waals surface area contributed by atoms with E-state index in [0.29, 0.717) is 6.54 Å². The summed E-state index contributed by atoms with van der Waals surface area (Å²) in [5.74, 6) is -1.47. The van der Waals surface area contributed by atoms with Gasteiger partial charge in [0.25, 0.3) is 0 Å². The maximum absolute atomic E-state index is 13.7. The molecule has 200 valence electrons. The highest BCUT2D eigenvalue weighted by molar-refractivity contribution is 7.89. The van der Waals surface area contributed by atoms with Crippen LogP contribution < -0.4 is 0 Å². The van der Waals surface area contributed by atoms with E-state index in [9.17, 15) is 23.1 Å². The first-order valence-electron chi connectivity index (χ1n) is 12.0. The highest BCUT2D eigenvalue weighted by Gasteiger charge is 2.38. The Morgan fingerprint density at radius 3 is 2.35 bits per heavy atom. The summed E-state index contributed by atoms with van der Waals surface area (Å²) >= 11 is 0. The third kappa shape index (κ3) is 6.92. The molecule has 0 amide bonds. The molecule has 3 aromatic rings. The summed E-state index contributed by atoms with van der Waals surface area (Å²) in [5.41, 5.74) is 1.65. The van der Waals surface area contributed by atoms with Gasteiger partial charge in [-0.1, -0.05) is 26.0 Å². The number of aromatic nitrogens is 3. The van der Waals surface area contributed by atoms with E-state index in [1.165, 1.54) is 12.1 Å². The number of carboxylic acids is 1. The van der Waals surface area contributed by atoms with E-state index in [1.807, 2.05) is 17.6 Å². The van der Waals surface area contributed by atoms with Gasteiger partial charge in [0.1, 0.15) is 29.5 Å².